The van der Waals surface area contributed by atoms with Crippen molar-refractivity contribution in [3.63, 3.8) is 0 Å². The van der Waals surface area contributed by atoms with Gasteiger partial charge in [-0.25, -0.2) is 9.98 Å². The summed E-state index contributed by atoms with van der Waals surface area (Å²) in [4.78, 5) is 10.8. The molecule has 248 valence electrons. The van der Waals surface area contributed by atoms with Gasteiger partial charge in [-0.2, -0.15) is 0 Å². The monoisotopic (exact) mass is 659 g/mol. The Kier molecular flexibility index (Phi) is 6.10. The molecule has 0 aromatic heterocycles. The van der Waals surface area contributed by atoms with Gasteiger partial charge in [-0.3, -0.25) is 0 Å². The van der Waals surface area contributed by atoms with Crippen molar-refractivity contribution in [1.82, 2.24) is 5.32 Å². The molecule has 3 aliphatic carbocycles. The average Bonchev–Trinajstić information content (AvgIpc) is 3.64. The topological polar surface area (TPSA) is 36.8 Å². The quantitative estimate of drug-likeness (QED) is 0.202. The molecule has 10 rings (SSSR count). The minimum Gasteiger partial charge on any atom is -0.324 e. The van der Waals surface area contributed by atoms with Crippen LogP contribution in [0.3, 0.4) is 0 Å². The number of aliphatic imine (C=N–C) groups is 2. The van der Waals surface area contributed by atoms with Crippen LogP contribution in [0.1, 0.15) is 97.8 Å². The summed E-state index contributed by atoms with van der Waals surface area (Å²) in [5.41, 5.74) is 19.0. The van der Waals surface area contributed by atoms with Crippen LogP contribution in [0.15, 0.2) is 137 Å². The molecular formula is C48H41N3. The number of rotatable bonds is 3. The van der Waals surface area contributed by atoms with Crippen LogP contribution in [0.25, 0.3) is 33.4 Å². The summed E-state index contributed by atoms with van der Waals surface area (Å²) in [7, 11) is 0. The molecule has 0 spiro atoms. The van der Waals surface area contributed by atoms with E-state index in [0.29, 0.717) is 0 Å². The molecule has 0 saturated heterocycles. The first-order chi connectivity index (χ1) is 24.5. The van der Waals surface area contributed by atoms with Gasteiger partial charge in [-0.1, -0.05) is 151 Å². The molecule has 0 bridgehead atoms. The number of nitrogens with zero attached hydrogens (tertiary/aromatic N) is 2. The Labute approximate surface area is 300 Å². The van der Waals surface area contributed by atoms with Crippen molar-refractivity contribution >= 4 is 11.7 Å². The van der Waals surface area contributed by atoms with E-state index in [0.717, 1.165) is 28.4 Å². The van der Waals surface area contributed by atoms with Gasteiger partial charge in [0.1, 0.15) is 11.7 Å². The van der Waals surface area contributed by atoms with E-state index in [1.54, 1.807) is 0 Å². The summed E-state index contributed by atoms with van der Waals surface area (Å²) >= 11 is 0. The molecule has 1 atom stereocenters. The Hall–Kier alpha value is -5.54. The van der Waals surface area contributed by atoms with Crippen LogP contribution in [0.2, 0.25) is 0 Å². The molecule has 4 aliphatic rings. The van der Waals surface area contributed by atoms with Gasteiger partial charge in [-0.05, 0) is 90.5 Å². The number of nitrogens with one attached hydrogen (secondary N) is 1. The van der Waals surface area contributed by atoms with Crippen molar-refractivity contribution in [2.75, 3.05) is 0 Å². The molecule has 3 nitrogen and oxygen atoms in total. The first kappa shape index (κ1) is 30.3. The lowest BCUT2D eigenvalue weighted by Crippen LogP contribution is -2.36. The van der Waals surface area contributed by atoms with Crippen LogP contribution in [0.4, 0.5) is 0 Å². The molecule has 1 aliphatic heterocycles. The van der Waals surface area contributed by atoms with E-state index in [9.17, 15) is 0 Å². The third-order valence-electron chi connectivity index (χ3n) is 12.4. The Bertz CT molecular complexity index is 2540. The van der Waals surface area contributed by atoms with Gasteiger partial charge in [0.25, 0.3) is 0 Å². The first-order valence-electron chi connectivity index (χ1n) is 18.2. The molecule has 1 N–H and O–H groups in total. The van der Waals surface area contributed by atoms with Crippen molar-refractivity contribution in [2.24, 2.45) is 9.98 Å². The van der Waals surface area contributed by atoms with Crippen molar-refractivity contribution in [2.45, 2.75) is 64.0 Å². The Balaban J connectivity index is 1.12. The Morgan fingerprint density at radius 3 is 1.39 bits per heavy atom. The summed E-state index contributed by atoms with van der Waals surface area (Å²) in [6, 6.07) is 47.1. The van der Waals surface area contributed by atoms with Crippen LogP contribution in [0.5, 0.6) is 0 Å². The summed E-state index contributed by atoms with van der Waals surface area (Å²) < 4.78 is 0. The lowest BCUT2D eigenvalue weighted by atomic mass is 9.82. The molecule has 0 amide bonds. The third kappa shape index (κ3) is 4.18. The number of benzene rings is 6. The molecule has 51 heavy (non-hydrogen) atoms. The maximum Gasteiger partial charge on any atom is 0.169 e. The molecule has 6 aromatic rings. The Morgan fingerprint density at radius 2 is 0.804 bits per heavy atom. The van der Waals surface area contributed by atoms with Gasteiger partial charge in [-0.15, -0.1) is 0 Å². The van der Waals surface area contributed by atoms with Crippen LogP contribution < -0.4 is 5.32 Å². The zero-order chi connectivity index (χ0) is 34.9. The van der Waals surface area contributed by atoms with E-state index < -0.39 is 6.17 Å². The minimum atomic E-state index is -0.395. The van der Waals surface area contributed by atoms with Crippen molar-refractivity contribution in [1.29, 1.82) is 0 Å². The first-order valence-corrected chi connectivity index (χ1v) is 18.2. The highest BCUT2D eigenvalue weighted by molar-refractivity contribution is 6.16. The maximum absolute atomic E-state index is 5.39. The van der Waals surface area contributed by atoms with E-state index in [1.807, 2.05) is 0 Å². The maximum atomic E-state index is 5.39. The van der Waals surface area contributed by atoms with E-state index in [1.165, 1.54) is 66.8 Å². The van der Waals surface area contributed by atoms with Crippen molar-refractivity contribution in [3.8, 4) is 33.4 Å². The van der Waals surface area contributed by atoms with Gasteiger partial charge in [0.15, 0.2) is 6.17 Å². The zero-order valence-electron chi connectivity index (χ0n) is 30.1. The molecule has 0 radical (unpaired) electrons. The van der Waals surface area contributed by atoms with Gasteiger partial charge in [0.2, 0.25) is 0 Å². The van der Waals surface area contributed by atoms with Crippen molar-refractivity contribution < 1.29 is 0 Å². The normalized spacial score (nSPS) is 19.1. The lowest BCUT2D eigenvalue weighted by molar-refractivity contribution is 0.659. The van der Waals surface area contributed by atoms with E-state index >= 15 is 0 Å². The minimum absolute atomic E-state index is 0.0509. The molecule has 0 saturated carbocycles. The fraction of sp³-hybridized carbons (Fsp3) is 0.208. The summed E-state index contributed by atoms with van der Waals surface area (Å²) in [5.74, 6) is 1.70. The molecule has 3 heteroatoms. The second kappa shape index (κ2) is 10.3. The van der Waals surface area contributed by atoms with E-state index in [4.69, 9.17) is 9.98 Å². The van der Waals surface area contributed by atoms with Gasteiger partial charge in [0, 0.05) is 27.4 Å². The van der Waals surface area contributed by atoms with Gasteiger partial charge < -0.3 is 5.32 Å². The highest BCUT2D eigenvalue weighted by Gasteiger charge is 2.38. The molecular weight excluding hydrogens is 619 g/mol. The van der Waals surface area contributed by atoms with E-state index in [2.05, 4.69) is 174 Å². The largest absolute Gasteiger partial charge is 0.324 e. The smallest absolute Gasteiger partial charge is 0.169 e. The lowest BCUT2D eigenvalue weighted by Gasteiger charge is -2.26. The number of amidine groups is 2. The predicted molar refractivity (Wildman–Crippen MR) is 211 cm³/mol. The number of hydrogen-bond acceptors (Lipinski definition) is 3. The fourth-order valence-corrected chi connectivity index (χ4v) is 9.51. The van der Waals surface area contributed by atoms with Crippen LogP contribution >= 0.6 is 0 Å². The van der Waals surface area contributed by atoms with Crippen LogP contribution in [-0.2, 0) is 16.2 Å². The zero-order valence-corrected chi connectivity index (χ0v) is 30.1. The second-order valence-electron chi connectivity index (χ2n) is 16.3. The van der Waals surface area contributed by atoms with Crippen molar-refractivity contribution in [3.05, 3.63) is 177 Å². The molecule has 0 fully saturated rings. The van der Waals surface area contributed by atoms with E-state index in [-0.39, 0.29) is 16.2 Å². The number of fused-ring (bicyclic) bond motifs is 9. The highest BCUT2D eigenvalue weighted by atomic mass is 15.2. The summed E-state index contributed by atoms with van der Waals surface area (Å²) in [6.45, 7) is 14.0. The molecule has 1 unspecified atom stereocenters. The molecule has 1 heterocycles. The third-order valence-corrected chi connectivity index (χ3v) is 12.4. The fourth-order valence-electron chi connectivity index (χ4n) is 9.51. The van der Waals surface area contributed by atoms with Crippen LogP contribution in [0, 0.1) is 0 Å². The van der Waals surface area contributed by atoms with Gasteiger partial charge >= 0.3 is 0 Å². The van der Waals surface area contributed by atoms with Gasteiger partial charge in [0.05, 0.1) is 0 Å². The second-order valence-corrected chi connectivity index (χ2v) is 16.3. The summed E-state index contributed by atoms with van der Waals surface area (Å²) in [5, 5.41) is 3.74. The summed E-state index contributed by atoms with van der Waals surface area (Å²) in [6.07, 6.45) is -0.395. The van der Waals surface area contributed by atoms with Crippen LogP contribution in [-0.4, -0.2) is 11.7 Å². The highest BCUT2D eigenvalue weighted by Crippen LogP contribution is 2.51. The SMILES string of the molecule is CC1(C)c2ccccc2-c2cc(C3=NC(c4ccc5c(c4)-c4ccccc4C5(C)C)N=C(c4ccc5c(c4)C(C)(C)c4ccccc4-5)N3)ccc21. The number of hydrogen-bond donors (Lipinski definition) is 1. The predicted octanol–water partition coefficient (Wildman–Crippen LogP) is 11.1. The standard InChI is InChI=1S/C48H41N3/c1-46(2)38-17-11-8-14-32(38)35-25-28(20-23-40(35)46)43-49-44(29-21-24-41-36(26-29)33-15-9-12-18-39(33)47(41,3)4)51-45(50-43)30-19-22-34-31-13-7-10-16-37(31)48(5,6)42(34)27-30/h7-27,43H,1-6H3,(H,49,50,51). The Morgan fingerprint density at radius 1 is 0.392 bits per heavy atom. The average molecular weight is 660 g/mol. The molecule has 6 aromatic carbocycles.